The smallest absolute Gasteiger partial charge is 0.0376 e. The Hall–Kier alpha value is -0.670. The first kappa shape index (κ1) is 12.4. The third-order valence-corrected chi connectivity index (χ3v) is 5.62. The number of benzene rings is 1. The Kier molecular flexibility index (Phi) is 3.53. The van der Waals surface area contributed by atoms with Crippen molar-refractivity contribution in [2.45, 2.75) is 38.1 Å². The van der Waals surface area contributed by atoms with Gasteiger partial charge in [0, 0.05) is 42.4 Å². The van der Waals surface area contributed by atoms with Crippen molar-refractivity contribution in [1.29, 1.82) is 0 Å². The molecule has 2 aliphatic heterocycles. The molecule has 1 aromatic rings. The lowest BCUT2D eigenvalue weighted by Gasteiger charge is -2.37. The van der Waals surface area contributed by atoms with Crippen LogP contribution in [0.15, 0.2) is 18.2 Å². The van der Waals surface area contributed by atoms with Gasteiger partial charge < -0.3 is 5.32 Å². The molecule has 2 aliphatic rings. The summed E-state index contributed by atoms with van der Waals surface area (Å²) < 4.78 is 0. The van der Waals surface area contributed by atoms with Gasteiger partial charge in [-0.05, 0) is 30.5 Å². The van der Waals surface area contributed by atoms with Gasteiger partial charge in [-0.1, -0.05) is 19.1 Å². The fraction of sp³-hybridized carbons (Fsp3) is 0.600. The number of fused-ring (bicyclic) bond motifs is 1. The average molecular weight is 262 g/mol. The van der Waals surface area contributed by atoms with Crippen LogP contribution >= 0.6 is 11.8 Å². The fourth-order valence-electron chi connectivity index (χ4n) is 2.89. The molecule has 1 N–H and O–H groups in total. The van der Waals surface area contributed by atoms with Crippen molar-refractivity contribution >= 4 is 17.4 Å². The lowest BCUT2D eigenvalue weighted by Crippen LogP contribution is -2.43. The molecule has 2 heterocycles. The van der Waals surface area contributed by atoms with E-state index in [4.69, 9.17) is 0 Å². The van der Waals surface area contributed by atoms with Crippen LogP contribution in [-0.2, 0) is 13.0 Å². The van der Waals surface area contributed by atoms with Crippen LogP contribution in [0.4, 0.5) is 5.69 Å². The summed E-state index contributed by atoms with van der Waals surface area (Å²) in [5.41, 5.74) is 4.29. The topological polar surface area (TPSA) is 15.3 Å². The van der Waals surface area contributed by atoms with Crippen molar-refractivity contribution in [3.8, 4) is 0 Å². The van der Waals surface area contributed by atoms with Gasteiger partial charge >= 0.3 is 0 Å². The van der Waals surface area contributed by atoms with Gasteiger partial charge in [-0.3, -0.25) is 4.90 Å². The number of anilines is 1. The van der Waals surface area contributed by atoms with E-state index in [1.54, 1.807) is 0 Å². The SMILES string of the molecule is CC1SCCN(Cc2ccc3c(c2)NCC3)C1C. The maximum Gasteiger partial charge on any atom is 0.0376 e. The summed E-state index contributed by atoms with van der Waals surface area (Å²) in [7, 11) is 0. The normalized spacial score (nSPS) is 27.9. The zero-order valence-electron chi connectivity index (χ0n) is 11.3. The predicted molar refractivity (Wildman–Crippen MR) is 80.4 cm³/mol. The maximum atomic E-state index is 3.48. The Bertz CT molecular complexity index is 433. The zero-order valence-corrected chi connectivity index (χ0v) is 12.1. The molecule has 0 bridgehead atoms. The summed E-state index contributed by atoms with van der Waals surface area (Å²) in [6, 6.07) is 7.65. The van der Waals surface area contributed by atoms with E-state index >= 15 is 0 Å². The van der Waals surface area contributed by atoms with E-state index in [9.17, 15) is 0 Å². The van der Waals surface area contributed by atoms with E-state index in [-0.39, 0.29) is 0 Å². The van der Waals surface area contributed by atoms with Crippen molar-refractivity contribution in [3.63, 3.8) is 0 Å². The molecule has 0 radical (unpaired) electrons. The van der Waals surface area contributed by atoms with E-state index in [1.807, 2.05) is 0 Å². The van der Waals surface area contributed by atoms with Crippen LogP contribution in [0, 0.1) is 0 Å². The van der Waals surface area contributed by atoms with Crippen LogP contribution in [0.25, 0.3) is 0 Å². The predicted octanol–water partition coefficient (Wildman–Crippen LogP) is 2.98. The summed E-state index contributed by atoms with van der Waals surface area (Å²) in [6.45, 7) is 8.14. The van der Waals surface area contributed by atoms with E-state index in [2.05, 4.69) is 54.0 Å². The Morgan fingerprint density at radius 3 is 3.17 bits per heavy atom. The molecule has 3 heteroatoms. The minimum Gasteiger partial charge on any atom is -0.384 e. The molecule has 1 aromatic carbocycles. The highest BCUT2D eigenvalue weighted by atomic mass is 32.2. The molecular weight excluding hydrogens is 240 g/mol. The molecule has 2 unspecified atom stereocenters. The molecule has 0 amide bonds. The van der Waals surface area contributed by atoms with E-state index < -0.39 is 0 Å². The van der Waals surface area contributed by atoms with Gasteiger partial charge in [-0.2, -0.15) is 11.8 Å². The second-order valence-corrected chi connectivity index (χ2v) is 6.94. The summed E-state index contributed by atoms with van der Waals surface area (Å²) in [6.07, 6.45) is 1.18. The first-order valence-electron chi connectivity index (χ1n) is 6.95. The van der Waals surface area contributed by atoms with Gasteiger partial charge in [0.1, 0.15) is 0 Å². The third kappa shape index (κ3) is 2.39. The largest absolute Gasteiger partial charge is 0.384 e. The first-order valence-corrected chi connectivity index (χ1v) is 8.00. The van der Waals surface area contributed by atoms with Gasteiger partial charge in [0.25, 0.3) is 0 Å². The molecule has 0 saturated carbocycles. The Balaban J connectivity index is 1.72. The molecule has 98 valence electrons. The highest BCUT2D eigenvalue weighted by Gasteiger charge is 2.25. The van der Waals surface area contributed by atoms with Crippen molar-refractivity contribution in [2.24, 2.45) is 0 Å². The molecule has 1 saturated heterocycles. The standard InChI is InChI=1S/C15H22N2S/c1-11-12(2)18-8-7-17(11)10-13-3-4-14-5-6-16-15(14)9-13/h3-4,9,11-12,16H,5-8,10H2,1-2H3. The fourth-order valence-corrected chi connectivity index (χ4v) is 4.05. The van der Waals surface area contributed by atoms with Crippen molar-refractivity contribution in [3.05, 3.63) is 29.3 Å². The molecule has 0 spiro atoms. The van der Waals surface area contributed by atoms with Crippen LogP contribution in [0.5, 0.6) is 0 Å². The Morgan fingerprint density at radius 1 is 1.39 bits per heavy atom. The summed E-state index contributed by atoms with van der Waals surface area (Å²) in [5, 5.41) is 4.23. The second kappa shape index (κ2) is 5.14. The molecule has 2 atom stereocenters. The third-order valence-electron chi connectivity index (χ3n) is 4.28. The van der Waals surface area contributed by atoms with Crippen molar-refractivity contribution in [2.75, 3.05) is 24.2 Å². The Morgan fingerprint density at radius 2 is 2.28 bits per heavy atom. The van der Waals surface area contributed by atoms with Gasteiger partial charge in [0.05, 0.1) is 0 Å². The van der Waals surface area contributed by atoms with Crippen LogP contribution in [0.1, 0.15) is 25.0 Å². The summed E-state index contributed by atoms with van der Waals surface area (Å²) >= 11 is 2.11. The molecule has 3 rings (SSSR count). The maximum absolute atomic E-state index is 3.48. The van der Waals surface area contributed by atoms with Gasteiger partial charge in [0.2, 0.25) is 0 Å². The van der Waals surface area contributed by atoms with E-state index in [0.717, 1.165) is 18.3 Å². The van der Waals surface area contributed by atoms with Crippen LogP contribution < -0.4 is 5.32 Å². The number of nitrogens with one attached hydrogen (secondary N) is 1. The minimum absolute atomic E-state index is 0.685. The molecular formula is C15H22N2S. The molecule has 0 aliphatic carbocycles. The zero-order chi connectivity index (χ0) is 12.5. The van der Waals surface area contributed by atoms with Gasteiger partial charge in [0.15, 0.2) is 0 Å². The Labute approximate surface area is 114 Å². The average Bonchev–Trinajstić information content (AvgIpc) is 2.82. The summed E-state index contributed by atoms with van der Waals surface area (Å²) in [4.78, 5) is 2.62. The van der Waals surface area contributed by atoms with Gasteiger partial charge in [-0.15, -0.1) is 0 Å². The first-order chi connectivity index (χ1) is 8.74. The molecule has 2 nitrogen and oxygen atoms in total. The van der Waals surface area contributed by atoms with E-state index in [1.165, 1.54) is 35.5 Å². The molecule has 1 fully saturated rings. The lowest BCUT2D eigenvalue weighted by molar-refractivity contribution is 0.204. The lowest BCUT2D eigenvalue weighted by atomic mass is 10.1. The van der Waals surface area contributed by atoms with Gasteiger partial charge in [-0.25, -0.2) is 0 Å². The summed E-state index contributed by atoms with van der Waals surface area (Å²) in [5.74, 6) is 1.27. The number of hydrogen-bond acceptors (Lipinski definition) is 3. The van der Waals surface area contributed by atoms with Crippen LogP contribution in [0.3, 0.4) is 0 Å². The number of thioether (sulfide) groups is 1. The number of hydrogen-bond donors (Lipinski definition) is 1. The monoisotopic (exact) mass is 262 g/mol. The van der Waals surface area contributed by atoms with E-state index in [0.29, 0.717) is 6.04 Å². The van der Waals surface area contributed by atoms with Crippen LogP contribution in [-0.4, -0.2) is 35.0 Å². The van der Waals surface area contributed by atoms with Crippen molar-refractivity contribution < 1.29 is 0 Å². The molecule has 18 heavy (non-hydrogen) atoms. The number of nitrogens with zero attached hydrogens (tertiary/aromatic N) is 1. The second-order valence-electron chi connectivity index (χ2n) is 5.46. The van der Waals surface area contributed by atoms with Crippen molar-refractivity contribution in [1.82, 2.24) is 4.90 Å². The highest BCUT2D eigenvalue weighted by molar-refractivity contribution is 8.00. The minimum atomic E-state index is 0.685. The highest BCUT2D eigenvalue weighted by Crippen LogP contribution is 2.28. The number of rotatable bonds is 2. The quantitative estimate of drug-likeness (QED) is 0.882. The van der Waals surface area contributed by atoms with Crippen LogP contribution in [0.2, 0.25) is 0 Å². The molecule has 0 aromatic heterocycles.